The molecule has 0 saturated carbocycles. The van der Waals surface area contributed by atoms with Crippen LogP contribution >= 0.6 is 0 Å². The van der Waals surface area contributed by atoms with Crippen LogP contribution in [0.4, 0.5) is 11.5 Å². The number of rotatable bonds is 2. The molecule has 0 bridgehead atoms. The molecule has 0 aliphatic carbocycles. The van der Waals surface area contributed by atoms with Crippen molar-refractivity contribution in [3.05, 3.63) is 20.8 Å². The molecule has 0 aromatic carbocycles. The molecule has 0 unspecified atom stereocenters. The van der Waals surface area contributed by atoms with Gasteiger partial charge in [0.05, 0.1) is 0 Å². The number of carbonyl (C=O) groups is 1. The quantitative estimate of drug-likeness (QED) is 0.676. The molecule has 16 heavy (non-hydrogen) atoms. The van der Waals surface area contributed by atoms with Crippen molar-refractivity contribution in [1.29, 1.82) is 0 Å². The summed E-state index contributed by atoms with van der Waals surface area (Å²) in [7, 11) is 2.75. The molecule has 0 spiro atoms. The molecule has 88 valence electrons. The van der Waals surface area contributed by atoms with Crippen LogP contribution in [0.5, 0.6) is 0 Å². The summed E-state index contributed by atoms with van der Waals surface area (Å²) in [6, 6.07) is 0. The number of hydrogen-bond acceptors (Lipinski definition) is 4. The normalized spacial score (nSPS) is 10.2. The number of nitrogens with two attached hydrogens (primary N) is 1. The second-order valence-corrected chi connectivity index (χ2v) is 3.37. The Morgan fingerprint density at radius 2 is 1.88 bits per heavy atom. The Morgan fingerprint density at radius 3 is 2.38 bits per heavy atom. The Hall–Kier alpha value is -2.05. The van der Waals surface area contributed by atoms with Crippen molar-refractivity contribution in [2.45, 2.75) is 13.3 Å². The summed E-state index contributed by atoms with van der Waals surface area (Å²) in [5, 5.41) is 2.38. The van der Waals surface area contributed by atoms with E-state index >= 15 is 0 Å². The highest BCUT2D eigenvalue weighted by Gasteiger charge is 2.14. The zero-order chi connectivity index (χ0) is 12.5. The zero-order valence-corrected chi connectivity index (χ0v) is 9.40. The second kappa shape index (κ2) is 4.21. The third kappa shape index (κ3) is 1.83. The van der Waals surface area contributed by atoms with Gasteiger partial charge in [-0.05, 0) is 0 Å². The molecular formula is C9H14N4O3. The molecule has 0 atom stereocenters. The molecular weight excluding hydrogens is 212 g/mol. The third-order valence-corrected chi connectivity index (χ3v) is 2.30. The number of anilines is 2. The van der Waals surface area contributed by atoms with Crippen LogP contribution < -0.4 is 22.3 Å². The molecule has 7 nitrogen and oxygen atoms in total. The standard InChI is InChI=1S/C9H14N4O3/c1-4-5(14)11-6-7(10)12(2)9(16)13(3)8(6)15/h4,10H2,1-3H3,(H,11,14). The fourth-order valence-electron chi connectivity index (χ4n) is 1.21. The van der Waals surface area contributed by atoms with E-state index in [-0.39, 0.29) is 23.8 Å². The lowest BCUT2D eigenvalue weighted by Gasteiger charge is -2.11. The maximum atomic E-state index is 11.7. The summed E-state index contributed by atoms with van der Waals surface area (Å²) in [5.41, 5.74) is 4.39. The molecule has 1 aromatic rings. The number of amides is 1. The van der Waals surface area contributed by atoms with Crippen LogP contribution in [-0.4, -0.2) is 15.0 Å². The largest absolute Gasteiger partial charge is 0.383 e. The minimum atomic E-state index is -0.609. The first-order valence-corrected chi connectivity index (χ1v) is 4.75. The van der Waals surface area contributed by atoms with Crippen LogP contribution in [0.15, 0.2) is 9.59 Å². The summed E-state index contributed by atoms with van der Waals surface area (Å²) >= 11 is 0. The number of nitrogens with zero attached hydrogens (tertiary/aromatic N) is 2. The SMILES string of the molecule is CCC(=O)Nc1c(N)n(C)c(=O)n(C)c1=O. The minimum absolute atomic E-state index is 0.0464. The molecule has 1 amide bonds. The molecule has 0 fully saturated rings. The van der Waals surface area contributed by atoms with Crippen LogP contribution in [0.1, 0.15) is 13.3 Å². The number of aromatic nitrogens is 2. The maximum absolute atomic E-state index is 11.7. The van der Waals surface area contributed by atoms with Crippen molar-refractivity contribution in [2.24, 2.45) is 14.1 Å². The second-order valence-electron chi connectivity index (χ2n) is 3.37. The topological polar surface area (TPSA) is 99.1 Å². The van der Waals surface area contributed by atoms with Crippen molar-refractivity contribution in [1.82, 2.24) is 9.13 Å². The molecule has 1 rings (SSSR count). The van der Waals surface area contributed by atoms with Crippen LogP contribution in [0.2, 0.25) is 0 Å². The van der Waals surface area contributed by atoms with E-state index < -0.39 is 11.2 Å². The van der Waals surface area contributed by atoms with Gasteiger partial charge in [-0.15, -0.1) is 0 Å². The van der Waals surface area contributed by atoms with E-state index in [0.29, 0.717) is 0 Å². The first kappa shape index (κ1) is 12.0. The number of nitrogen functional groups attached to an aromatic ring is 1. The highest BCUT2D eigenvalue weighted by atomic mass is 16.2. The van der Waals surface area contributed by atoms with Crippen molar-refractivity contribution < 1.29 is 4.79 Å². The van der Waals surface area contributed by atoms with Gasteiger partial charge in [0.1, 0.15) is 11.5 Å². The van der Waals surface area contributed by atoms with Gasteiger partial charge in [-0.25, -0.2) is 4.79 Å². The van der Waals surface area contributed by atoms with Crippen LogP contribution in [0.25, 0.3) is 0 Å². The predicted molar refractivity (Wildman–Crippen MR) is 60.3 cm³/mol. The molecule has 0 aliphatic heterocycles. The summed E-state index contributed by atoms with van der Waals surface area (Å²) in [4.78, 5) is 34.3. The first-order valence-electron chi connectivity index (χ1n) is 4.75. The van der Waals surface area contributed by atoms with Gasteiger partial charge < -0.3 is 11.1 Å². The van der Waals surface area contributed by atoms with Gasteiger partial charge in [-0.2, -0.15) is 0 Å². The van der Waals surface area contributed by atoms with Crippen LogP contribution in [-0.2, 0) is 18.9 Å². The predicted octanol–water partition coefficient (Wildman–Crippen LogP) is -0.985. The number of hydrogen-bond donors (Lipinski definition) is 2. The Morgan fingerprint density at radius 1 is 1.31 bits per heavy atom. The van der Waals surface area contributed by atoms with Crippen LogP contribution in [0, 0.1) is 0 Å². The molecule has 7 heteroatoms. The smallest absolute Gasteiger partial charge is 0.332 e. The van der Waals surface area contributed by atoms with E-state index in [1.165, 1.54) is 14.1 Å². The summed E-state index contributed by atoms with van der Waals surface area (Å²) in [6.45, 7) is 1.65. The lowest BCUT2D eigenvalue weighted by molar-refractivity contribution is -0.115. The summed E-state index contributed by atoms with van der Waals surface area (Å²) in [5.74, 6) is -0.377. The highest BCUT2D eigenvalue weighted by molar-refractivity contribution is 5.92. The van der Waals surface area contributed by atoms with E-state index in [0.717, 1.165) is 9.13 Å². The van der Waals surface area contributed by atoms with Gasteiger partial charge in [-0.3, -0.25) is 18.7 Å². The van der Waals surface area contributed by atoms with E-state index in [4.69, 9.17) is 5.73 Å². The van der Waals surface area contributed by atoms with E-state index in [1.54, 1.807) is 6.92 Å². The third-order valence-electron chi connectivity index (χ3n) is 2.30. The average Bonchev–Trinajstić information content (AvgIpc) is 2.29. The molecule has 0 radical (unpaired) electrons. The van der Waals surface area contributed by atoms with Gasteiger partial charge in [0.15, 0.2) is 0 Å². The molecule has 0 saturated heterocycles. The molecule has 0 aliphatic rings. The molecule has 1 aromatic heterocycles. The monoisotopic (exact) mass is 226 g/mol. The maximum Gasteiger partial charge on any atom is 0.332 e. The Kier molecular flexibility index (Phi) is 3.17. The molecule has 1 heterocycles. The fraction of sp³-hybridized carbons (Fsp3) is 0.444. The molecule has 3 N–H and O–H groups in total. The van der Waals surface area contributed by atoms with Gasteiger partial charge in [-0.1, -0.05) is 6.92 Å². The Balaban J connectivity index is 3.46. The Labute approximate surface area is 91.5 Å². The number of nitrogens with one attached hydrogen (secondary N) is 1. The van der Waals surface area contributed by atoms with Crippen molar-refractivity contribution in [3.8, 4) is 0 Å². The summed E-state index contributed by atoms with van der Waals surface area (Å²) < 4.78 is 1.99. The summed E-state index contributed by atoms with van der Waals surface area (Å²) in [6.07, 6.45) is 0.228. The highest BCUT2D eigenvalue weighted by Crippen LogP contribution is 2.08. The average molecular weight is 226 g/mol. The lowest BCUT2D eigenvalue weighted by Crippen LogP contribution is -2.40. The van der Waals surface area contributed by atoms with Crippen LogP contribution in [0.3, 0.4) is 0 Å². The van der Waals surface area contributed by atoms with E-state index in [1.807, 2.05) is 0 Å². The van der Waals surface area contributed by atoms with Gasteiger partial charge >= 0.3 is 5.69 Å². The number of carbonyl (C=O) groups excluding carboxylic acids is 1. The minimum Gasteiger partial charge on any atom is -0.383 e. The van der Waals surface area contributed by atoms with Gasteiger partial charge in [0, 0.05) is 20.5 Å². The Bertz CT molecular complexity index is 541. The van der Waals surface area contributed by atoms with Gasteiger partial charge in [0.25, 0.3) is 5.56 Å². The first-order chi connectivity index (χ1) is 7.40. The van der Waals surface area contributed by atoms with E-state index in [2.05, 4.69) is 5.32 Å². The fourth-order valence-corrected chi connectivity index (χ4v) is 1.21. The van der Waals surface area contributed by atoms with Crippen molar-refractivity contribution in [3.63, 3.8) is 0 Å². The zero-order valence-electron chi connectivity index (χ0n) is 9.40. The van der Waals surface area contributed by atoms with Crippen molar-refractivity contribution >= 4 is 17.4 Å². The lowest BCUT2D eigenvalue weighted by atomic mass is 10.4. The van der Waals surface area contributed by atoms with Gasteiger partial charge in [0.2, 0.25) is 5.91 Å². The van der Waals surface area contributed by atoms with E-state index in [9.17, 15) is 14.4 Å². The van der Waals surface area contributed by atoms with Crippen molar-refractivity contribution in [2.75, 3.05) is 11.1 Å².